The summed E-state index contributed by atoms with van der Waals surface area (Å²) in [6, 6.07) is -5.26. The highest BCUT2D eigenvalue weighted by atomic mass is 19.4. The minimum atomic E-state index is -5.08. The number of amides is 5. The zero-order valence-corrected chi connectivity index (χ0v) is 25.9. The third-order valence-electron chi connectivity index (χ3n) is 6.36. The van der Waals surface area contributed by atoms with Gasteiger partial charge in [0.2, 0.25) is 29.5 Å². The van der Waals surface area contributed by atoms with E-state index in [4.69, 9.17) is 32.2 Å². The second-order valence-corrected chi connectivity index (χ2v) is 10.1. The number of carboxylic acid groups (broad SMARTS) is 3. The number of aliphatic carboxylic acids is 3. The number of hydrogen-bond donors (Lipinski definition) is 11. The van der Waals surface area contributed by atoms with Crippen molar-refractivity contribution in [3.05, 3.63) is 0 Å². The smallest absolute Gasteiger partial charge is 0.481 e. The van der Waals surface area contributed by atoms with Crippen molar-refractivity contribution in [2.45, 2.75) is 68.9 Å². The molecule has 0 aromatic carbocycles. The van der Waals surface area contributed by atoms with Crippen LogP contribution in [0.1, 0.15) is 38.5 Å². The fraction of sp³-hybridized carbons (Fsp3) is 0.640. The molecule has 278 valence electrons. The molecule has 0 aromatic rings. The van der Waals surface area contributed by atoms with Gasteiger partial charge in [0.25, 0.3) is 0 Å². The van der Waals surface area contributed by atoms with Gasteiger partial charge in [-0.05, 0) is 32.1 Å². The largest absolute Gasteiger partial charge is 0.490 e. The lowest BCUT2D eigenvalue weighted by molar-refractivity contribution is -0.192. The number of aliphatic imine (C=N–C) groups is 1. The van der Waals surface area contributed by atoms with Gasteiger partial charge in [0.05, 0.1) is 19.7 Å². The van der Waals surface area contributed by atoms with Gasteiger partial charge >= 0.3 is 24.1 Å². The Hall–Kier alpha value is -5.26. The Bertz CT molecular complexity index is 1230. The van der Waals surface area contributed by atoms with Crippen molar-refractivity contribution < 1.29 is 72.0 Å². The highest BCUT2D eigenvalue weighted by molar-refractivity contribution is 5.95. The number of nitrogens with one attached hydrogen (secondary N) is 4. The Morgan fingerprint density at radius 1 is 0.878 bits per heavy atom. The van der Waals surface area contributed by atoms with E-state index in [0.29, 0.717) is 12.8 Å². The second-order valence-electron chi connectivity index (χ2n) is 10.1. The molecule has 1 heterocycles. The van der Waals surface area contributed by atoms with E-state index in [1.165, 1.54) is 0 Å². The molecular weight excluding hydrogens is 675 g/mol. The van der Waals surface area contributed by atoms with Gasteiger partial charge in [0.1, 0.15) is 24.2 Å². The van der Waals surface area contributed by atoms with Gasteiger partial charge in [0.15, 0.2) is 5.96 Å². The quantitative estimate of drug-likeness (QED) is 0.0360. The molecule has 5 amide bonds. The maximum atomic E-state index is 12.9. The Morgan fingerprint density at radius 3 is 1.94 bits per heavy atom. The molecule has 1 aliphatic heterocycles. The van der Waals surface area contributed by atoms with Gasteiger partial charge in [-0.2, -0.15) is 13.2 Å². The number of nitrogens with zero attached hydrogens (tertiary/aromatic N) is 2. The fourth-order valence-corrected chi connectivity index (χ4v) is 4.04. The lowest BCUT2D eigenvalue weighted by Gasteiger charge is -2.27. The molecule has 0 bridgehead atoms. The van der Waals surface area contributed by atoms with E-state index in [0.717, 1.165) is 4.90 Å². The molecule has 0 aromatic heterocycles. The second kappa shape index (κ2) is 21.6. The summed E-state index contributed by atoms with van der Waals surface area (Å²) in [5, 5.41) is 44.4. The Balaban J connectivity index is 0.00000295. The molecule has 24 heteroatoms. The van der Waals surface area contributed by atoms with Gasteiger partial charge in [-0.3, -0.25) is 33.8 Å². The summed E-state index contributed by atoms with van der Waals surface area (Å²) in [6.07, 6.45) is -5.06. The monoisotopic (exact) mass is 715 g/mol. The molecule has 1 rings (SSSR count). The summed E-state index contributed by atoms with van der Waals surface area (Å²) in [4.78, 5) is 98.8. The number of aliphatic hydroxyl groups excluding tert-OH is 1. The molecular formula is C25H40F3N9O12. The molecule has 0 unspecified atom stereocenters. The minimum Gasteiger partial charge on any atom is -0.481 e. The standard InChI is InChI=1S/C23H39N9O10.C2HF3O2/c24-9-16(34)29-12(3-1-7-27-23(25)26)19(38)28-10-17(35)30-13(5-6-18(36)37)20(39)31-14(11-33)21(40)32-8-2-4-15(32)22(41)42;3-2(4,5)1(6)7/h12-15,33H,1-11,24H2,(H,28,38)(H,29,34)(H,30,35)(H,31,39)(H,36,37)(H,41,42)(H4,25,26,27);(H,6,7)/t12-,13-,14-,15-;/m0./s1. The van der Waals surface area contributed by atoms with Crippen LogP contribution in [0.25, 0.3) is 0 Å². The molecule has 21 nitrogen and oxygen atoms in total. The normalized spacial score (nSPS) is 15.6. The van der Waals surface area contributed by atoms with E-state index in [1.807, 2.05) is 0 Å². The number of alkyl halides is 3. The number of aliphatic hydroxyl groups is 1. The number of carboxylic acids is 3. The lowest BCUT2D eigenvalue weighted by atomic mass is 10.1. The Morgan fingerprint density at radius 2 is 1.45 bits per heavy atom. The number of hydrogen-bond acceptors (Lipinski definition) is 11. The van der Waals surface area contributed by atoms with Crippen LogP contribution in [-0.4, -0.2) is 142 Å². The van der Waals surface area contributed by atoms with E-state index in [2.05, 4.69) is 26.3 Å². The first-order valence-electron chi connectivity index (χ1n) is 14.3. The van der Waals surface area contributed by atoms with E-state index >= 15 is 0 Å². The number of nitrogens with two attached hydrogens (primary N) is 3. The summed E-state index contributed by atoms with van der Waals surface area (Å²) in [6.45, 7) is -1.69. The van der Waals surface area contributed by atoms with Crippen LogP contribution in [0.5, 0.6) is 0 Å². The molecule has 0 radical (unpaired) electrons. The SMILES string of the molecule is NCC(=O)N[C@@H](CCCN=C(N)N)C(=O)NCC(=O)N[C@@H](CCC(=O)O)C(=O)N[C@@H](CO)C(=O)N1CCC[C@H]1C(=O)O.O=C(O)C(F)(F)F. The zero-order valence-electron chi connectivity index (χ0n) is 25.9. The van der Waals surface area contributed by atoms with Crippen LogP contribution < -0.4 is 38.5 Å². The van der Waals surface area contributed by atoms with Crippen molar-refractivity contribution in [3.63, 3.8) is 0 Å². The molecule has 1 fully saturated rings. The predicted molar refractivity (Wildman–Crippen MR) is 158 cm³/mol. The molecule has 14 N–H and O–H groups in total. The van der Waals surface area contributed by atoms with Crippen molar-refractivity contribution in [2.24, 2.45) is 22.2 Å². The average molecular weight is 716 g/mol. The first-order valence-corrected chi connectivity index (χ1v) is 14.3. The summed E-state index contributed by atoms with van der Waals surface area (Å²) in [5.74, 6) is -9.60. The van der Waals surface area contributed by atoms with Gasteiger partial charge in [-0.25, -0.2) is 9.59 Å². The first kappa shape index (κ1) is 43.7. The van der Waals surface area contributed by atoms with Crippen LogP contribution in [0, 0.1) is 0 Å². The molecule has 0 spiro atoms. The molecule has 49 heavy (non-hydrogen) atoms. The van der Waals surface area contributed by atoms with E-state index in [9.17, 15) is 56.9 Å². The number of carbonyl (C=O) groups is 8. The van der Waals surface area contributed by atoms with Gasteiger partial charge < -0.3 is 63.8 Å². The summed E-state index contributed by atoms with van der Waals surface area (Å²) < 4.78 is 31.7. The first-order chi connectivity index (χ1) is 22.7. The molecule has 4 atom stereocenters. The topological polar surface area (TPSA) is 359 Å². The van der Waals surface area contributed by atoms with Gasteiger partial charge in [0, 0.05) is 19.5 Å². The highest BCUT2D eigenvalue weighted by Crippen LogP contribution is 2.18. The van der Waals surface area contributed by atoms with Crippen molar-refractivity contribution in [1.82, 2.24) is 26.2 Å². The van der Waals surface area contributed by atoms with Crippen molar-refractivity contribution in [2.75, 3.05) is 32.8 Å². The maximum Gasteiger partial charge on any atom is 0.490 e. The number of likely N-dealkylation sites (tertiary alicyclic amines) is 1. The fourth-order valence-electron chi connectivity index (χ4n) is 4.04. The van der Waals surface area contributed by atoms with E-state index in [-0.39, 0.29) is 31.9 Å². The van der Waals surface area contributed by atoms with E-state index in [1.54, 1.807) is 0 Å². The third-order valence-corrected chi connectivity index (χ3v) is 6.36. The molecule has 0 saturated carbocycles. The highest BCUT2D eigenvalue weighted by Gasteiger charge is 2.39. The van der Waals surface area contributed by atoms with Crippen molar-refractivity contribution in [3.8, 4) is 0 Å². The zero-order chi connectivity index (χ0) is 37.9. The van der Waals surface area contributed by atoms with Gasteiger partial charge in [-0.1, -0.05) is 0 Å². The van der Waals surface area contributed by atoms with Crippen LogP contribution >= 0.6 is 0 Å². The van der Waals surface area contributed by atoms with E-state index < -0.39 is 110 Å². The van der Waals surface area contributed by atoms with Crippen LogP contribution in [0.3, 0.4) is 0 Å². The van der Waals surface area contributed by atoms with Crippen LogP contribution in [0.4, 0.5) is 13.2 Å². The lowest BCUT2D eigenvalue weighted by Crippen LogP contribution is -2.57. The summed E-state index contributed by atoms with van der Waals surface area (Å²) in [5.41, 5.74) is 15.8. The predicted octanol–water partition coefficient (Wildman–Crippen LogP) is -4.86. The molecule has 0 aliphatic carbocycles. The average Bonchev–Trinajstić information content (AvgIpc) is 3.51. The molecule has 1 saturated heterocycles. The van der Waals surface area contributed by atoms with Crippen molar-refractivity contribution >= 4 is 53.4 Å². The van der Waals surface area contributed by atoms with Crippen molar-refractivity contribution in [1.29, 1.82) is 0 Å². The van der Waals surface area contributed by atoms with Gasteiger partial charge in [-0.15, -0.1) is 0 Å². The number of rotatable bonds is 18. The minimum absolute atomic E-state index is 0.0932. The van der Waals surface area contributed by atoms with Crippen LogP contribution in [0.15, 0.2) is 4.99 Å². The summed E-state index contributed by atoms with van der Waals surface area (Å²) in [7, 11) is 0. The Labute approximate surface area is 275 Å². The summed E-state index contributed by atoms with van der Waals surface area (Å²) >= 11 is 0. The third kappa shape index (κ3) is 17.5. The van der Waals surface area contributed by atoms with Crippen LogP contribution in [0.2, 0.25) is 0 Å². The van der Waals surface area contributed by atoms with Crippen LogP contribution in [-0.2, 0) is 38.4 Å². The maximum absolute atomic E-state index is 12.9. The number of carbonyl (C=O) groups excluding carboxylic acids is 5. The number of halogens is 3. The molecule has 1 aliphatic rings. The number of guanidine groups is 1. The Kier molecular flexibility index (Phi) is 19.3.